The van der Waals surface area contributed by atoms with Gasteiger partial charge >= 0.3 is 0 Å². The maximum atomic E-state index is 13.6. The Bertz CT molecular complexity index is 681. The molecule has 1 atom stereocenters. The molecule has 0 saturated carbocycles. The van der Waals surface area contributed by atoms with E-state index in [0.29, 0.717) is 31.7 Å². The van der Waals surface area contributed by atoms with Gasteiger partial charge in [-0.1, -0.05) is 6.07 Å². The number of rotatable bonds is 3. The number of nitriles is 1. The average molecular weight is 287 g/mol. The third kappa shape index (κ3) is 2.63. The van der Waals surface area contributed by atoms with Gasteiger partial charge in [-0.15, -0.1) is 0 Å². The van der Waals surface area contributed by atoms with Crippen LogP contribution < -0.4 is 0 Å². The normalized spacial score (nSPS) is 22.3. The maximum Gasteiger partial charge on any atom is 0.141 e. The first-order valence-corrected chi connectivity index (χ1v) is 6.60. The minimum absolute atomic E-state index is 0.0410. The number of hydrogen-bond acceptors (Lipinski definition) is 5. The highest BCUT2D eigenvalue weighted by molar-refractivity contribution is 5.33. The minimum atomic E-state index is -1.02. The number of halogens is 1. The van der Waals surface area contributed by atoms with Gasteiger partial charge in [0.1, 0.15) is 23.2 Å². The third-order valence-corrected chi connectivity index (χ3v) is 3.78. The van der Waals surface area contributed by atoms with Crippen molar-refractivity contribution in [3.05, 3.63) is 47.0 Å². The molecule has 0 amide bonds. The summed E-state index contributed by atoms with van der Waals surface area (Å²) in [7, 11) is 0. The number of aromatic amines is 1. The van der Waals surface area contributed by atoms with Crippen molar-refractivity contribution in [3.63, 3.8) is 0 Å². The molecule has 3 rings (SSSR count). The second-order valence-electron chi connectivity index (χ2n) is 5.27. The summed E-state index contributed by atoms with van der Waals surface area (Å²) in [5.41, 5.74) is 0.323. The van der Waals surface area contributed by atoms with Gasteiger partial charge in [-0.2, -0.15) is 20.7 Å². The monoisotopic (exact) mass is 287 g/mol. The van der Waals surface area contributed by atoms with Crippen LogP contribution in [0.2, 0.25) is 0 Å². The molecule has 2 aromatic rings. The highest BCUT2D eigenvalue weighted by Gasteiger charge is 2.39. The molecule has 1 fully saturated rings. The Morgan fingerprint density at radius 1 is 1.52 bits per heavy atom. The molecule has 1 aliphatic heterocycles. The molecule has 0 spiro atoms. The number of hydrogen-bond donors (Lipinski definition) is 2. The topological polar surface area (TPSA) is 88.8 Å². The molecule has 21 heavy (non-hydrogen) atoms. The van der Waals surface area contributed by atoms with Gasteiger partial charge in [0.05, 0.1) is 11.8 Å². The number of nitrogens with zero attached hydrogens (tertiary/aromatic N) is 4. The molecule has 1 aromatic heterocycles. The van der Waals surface area contributed by atoms with Crippen molar-refractivity contribution in [2.24, 2.45) is 0 Å². The van der Waals surface area contributed by atoms with E-state index < -0.39 is 11.4 Å². The number of likely N-dealkylation sites (tertiary alicyclic amines) is 1. The Hall–Kier alpha value is -2.30. The summed E-state index contributed by atoms with van der Waals surface area (Å²) in [6.07, 6.45) is 2.07. The van der Waals surface area contributed by atoms with Gasteiger partial charge in [-0.25, -0.2) is 4.39 Å². The zero-order valence-corrected chi connectivity index (χ0v) is 11.3. The van der Waals surface area contributed by atoms with Crippen LogP contribution in [0.3, 0.4) is 0 Å². The summed E-state index contributed by atoms with van der Waals surface area (Å²) in [5, 5.41) is 29.4. The Labute approximate surface area is 120 Å². The molecule has 1 saturated heterocycles. The van der Waals surface area contributed by atoms with E-state index in [1.165, 1.54) is 18.3 Å². The first-order valence-electron chi connectivity index (χ1n) is 6.60. The average Bonchev–Trinajstić information content (AvgIpc) is 3.10. The number of nitrogens with one attached hydrogen (secondary N) is 1. The van der Waals surface area contributed by atoms with Crippen molar-refractivity contribution in [2.45, 2.75) is 18.6 Å². The van der Waals surface area contributed by atoms with Crippen LogP contribution >= 0.6 is 0 Å². The molecule has 1 aromatic carbocycles. The van der Waals surface area contributed by atoms with Crippen LogP contribution in [0.5, 0.6) is 0 Å². The van der Waals surface area contributed by atoms with Gasteiger partial charge < -0.3 is 5.11 Å². The highest BCUT2D eigenvalue weighted by atomic mass is 19.1. The van der Waals surface area contributed by atoms with Crippen LogP contribution in [0.15, 0.2) is 24.4 Å². The summed E-state index contributed by atoms with van der Waals surface area (Å²) in [5.74, 6) is -0.513. The van der Waals surface area contributed by atoms with Crippen molar-refractivity contribution in [1.82, 2.24) is 20.3 Å². The molecule has 2 N–H and O–H groups in total. The van der Waals surface area contributed by atoms with Gasteiger partial charge in [0.25, 0.3) is 0 Å². The second kappa shape index (κ2) is 5.24. The first-order chi connectivity index (χ1) is 10.1. The summed E-state index contributed by atoms with van der Waals surface area (Å²) in [6.45, 7) is 1.62. The van der Waals surface area contributed by atoms with Crippen molar-refractivity contribution < 1.29 is 9.50 Å². The fraction of sp³-hybridized carbons (Fsp3) is 0.357. The molecular weight excluding hydrogens is 273 g/mol. The van der Waals surface area contributed by atoms with E-state index in [2.05, 4.69) is 15.4 Å². The van der Waals surface area contributed by atoms with Crippen molar-refractivity contribution in [3.8, 4) is 6.07 Å². The van der Waals surface area contributed by atoms with Crippen LogP contribution in [0.25, 0.3) is 0 Å². The first kappa shape index (κ1) is 13.7. The smallest absolute Gasteiger partial charge is 0.141 e. The van der Waals surface area contributed by atoms with Gasteiger partial charge in [-0.3, -0.25) is 4.90 Å². The van der Waals surface area contributed by atoms with Crippen molar-refractivity contribution in [1.29, 1.82) is 5.26 Å². The van der Waals surface area contributed by atoms with Gasteiger partial charge in [0, 0.05) is 19.6 Å². The number of aliphatic hydroxyl groups is 1. The van der Waals surface area contributed by atoms with Crippen LogP contribution in [0.1, 0.15) is 23.2 Å². The number of H-pyrrole nitrogens is 1. The SMILES string of the molecule is N#Cc1ccc(CN2CC[C@@](O)(c3cn[nH]n3)C2)cc1F. The fourth-order valence-corrected chi connectivity index (χ4v) is 2.65. The molecule has 2 heterocycles. The Kier molecular flexibility index (Phi) is 3.41. The number of β-amino-alcohol motifs (C(OH)–C–C–N with tert-alkyl or cyclic N) is 1. The lowest BCUT2D eigenvalue weighted by Gasteiger charge is -2.21. The molecular formula is C14H14FN5O. The lowest BCUT2D eigenvalue weighted by atomic mass is 10.00. The minimum Gasteiger partial charge on any atom is -0.382 e. The fourth-order valence-electron chi connectivity index (χ4n) is 2.65. The van der Waals surface area contributed by atoms with Crippen molar-refractivity contribution in [2.75, 3.05) is 13.1 Å². The Balaban J connectivity index is 1.70. The Morgan fingerprint density at radius 3 is 3.05 bits per heavy atom. The number of benzene rings is 1. The van der Waals surface area contributed by atoms with Crippen LogP contribution in [-0.2, 0) is 12.1 Å². The predicted molar refractivity (Wildman–Crippen MR) is 71.3 cm³/mol. The van der Waals surface area contributed by atoms with Crippen molar-refractivity contribution >= 4 is 0 Å². The van der Waals surface area contributed by atoms with E-state index >= 15 is 0 Å². The van der Waals surface area contributed by atoms with Crippen LogP contribution in [0, 0.1) is 17.1 Å². The molecule has 6 nitrogen and oxygen atoms in total. The molecule has 108 valence electrons. The molecule has 0 radical (unpaired) electrons. The lowest BCUT2D eigenvalue weighted by Crippen LogP contribution is -2.31. The maximum absolute atomic E-state index is 13.6. The van der Waals surface area contributed by atoms with E-state index in [0.717, 1.165) is 5.56 Å². The molecule has 0 bridgehead atoms. The van der Waals surface area contributed by atoms with E-state index in [1.54, 1.807) is 12.1 Å². The lowest BCUT2D eigenvalue weighted by molar-refractivity contribution is 0.0408. The summed E-state index contributed by atoms with van der Waals surface area (Å²) < 4.78 is 13.6. The zero-order chi connectivity index (χ0) is 14.9. The van der Waals surface area contributed by atoms with Crippen LogP contribution in [-0.4, -0.2) is 38.5 Å². The molecule has 7 heteroatoms. The summed E-state index contributed by atoms with van der Waals surface area (Å²) >= 11 is 0. The Morgan fingerprint density at radius 2 is 2.38 bits per heavy atom. The van der Waals surface area contributed by atoms with E-state index in [-0.39, 0.29) is 5.56 Å². The summed E-state index contributed by atoms with van der Waals surface area (Å²) in [4.78, 5) is 2.02. The van der Waals surface area contributed by atoms with Crippen LogP contribution in [0.4, 0.5) is 4.39 Å². The van der Waals surface area contributed by atoms with E-state index in [1.807, 2.05) is 4.90 Å². The highest BCUT2D eigenvalue weighted by Crippen LogP contribution is 2.31. The second-order valence-corrected chi connectivity index (χ2v) is 5.27. The largest absolute Gasteiger partial charge is 0.382 e. The van der Waals surface area contributed by atoms with E-state index in [9.17, 15) is 9.50 Å². The number of aromatic nitrogens is 3. The quantitative estimate of drug-likeness (QED) is 0.876. The summed E-state index contributed by atoms with van der Waals surface area (Å²) in [6, 6.07) is 6.38. The molecule has 0 aliphatic carbocycles. The standard InChI is InChI=1S/C14H14FN5O/c15-12-5-10(1-2-11(12)6-16)8-20-4-3-14(21,9-20)13-7-17-19-18-13/h1-2,5,7,21H,3-4,8-9H2,(H,17,18,19)/t14-/m0/s1. The molecule has 1 aliphatic rings. The van der Waals surface area contributed by atoms with E-state index in [4.69, 9.17) is 5.26 Å². The van der Waals surface area contributed by atoms with Gasteiger partial charge in [-0.05, 0) is 24.1 Å². The molecule has 0 unspecified atom stereocenters. The third-order valence-electron chi connectivity index (χ3n) is 3.78. The van der Waals surface area contributed by atoms with Gasteiger partial charge in [0.2, 0.25) is 0 Å². The zero-order valence-electron chi connectivity index (χ0n) is 11.3. The van der Waals surface area contributed by atoms with Gasteiger partial charge in [0.15, 0.2) is 0 Å². The predicted octanol–water partition coefficient (Wildman–Crippen LogP) is 0.909.